The quantitative estimate of drug-likeness (QED) is 0.430. The molecule has 1 rings (SSSR count). The van der Waals surface area contributed by atoms with Gasteiger partial charge in [-0.05, 0) is 44.7 Å². The Morgan fingerprint density at radius 1 is 1.21 bits per heavy atom. The predicted molar refractivity (Wildman–Crippen MR) is 88.3 cm³/mol. The third kappa shape index (κ3) is 7.73. The Bertz CT molecular complexity index is 299. The first-order valence-corrected chi connectivity index (χ1v) is 9.43. The van der Waals surface area contributed by atoms with Crippen molar-refractivity contribution in [2.24, 2.45) is 0 Å². The molecule has 2 heteroatoms. The molecule has 0 aromatic rings. The van der Waals surface area contributed by atoms with E-state index in [9.17, 15) is 0 Å². The van der Waals surface area contributed by atoms with Gasteiger partial charge in [0.2, 0.25) is 0 Å². The Balaban J connectivity index is 2.35. The van der Waals surface area contributed by atoms with Crippen LogP contribution in [0.3, 0.4) is 0 Å². The summed E-state index contributed by atoms with van der Waals surface area (Å²) in [5, 5.41) is 0. The summed E-state index contributed by atoms with van der Waals surface area (Å²) in [6, 6.07) is 0. The van der Waals surface area contributed by atoms with Crippen molar-refractivity contribution in [1.29, 1.82) is 0 Å². The van der Waals surface area contributed by atoms with Gasteiger partial charge in [-0.25, -0.2) is 0 Å². The van der Waals surface area contributed by atoms with Gasteiger partial charge < -0.3 is 4.43 Å². The summed E-state index contributed by atoms with van der Waals surface area (Å²) in [7, 11) is -0.467. The van der Waals surface area contributed by atoms with Crippen molar-refractivity contribution in [3.8, 4) is 0 Å². The Hall–Kier alpha value is -0.343. The number of unbranched alkanes of at least 4 members (excludes halogenated alkanes) is 4. The molecule has 1 unspecified atom stereocenters. The lowest BCUT2D eigenvalue weighted by molar-refractivity contribution is 0.135. The molecule has 0 radical (unpaired) electrons. The Morgan fingerprint density at radius 3 is 2.53 bits per heavy atom. The number of hydrogen-bond acceptors (Lipinski definition) is 1. The van der Waals surface area contributed by atoms with Crippen LogP contribution in [0.15, 0.2) is 23.8 Å². The first kappa shape index (κ1) is 16.7. The molecule has 0 aromatic heterocycles. The standard InChI is InChI=1S/C17H32OSi/c1-5-6-7-8-9-14-16(15-12-10-11-13-15)19-18-17(2,3)4/h10,12-13,16H,5-9,11,14,19H2,1-4H3. The molecule has 0 spiro atoms. The number of allylic oxidation sites excluding steroid dienone is 4. The summed E-state index contributed by atoms with van der Waals surface area (Å²) in [6.45, 7) is 8.81. The van der Waals surface area contributed by atoms with E-state index in [2.05, 4.69) is 45.9 Å². The monoisotopic (exact) mass is 280 g/mol. The van der Waals surface area contributed by atoms with Gasteiger partial charge in [0, 0.05) is 5.60 Å². The van der Waals surface area contributed by atoms with Crippen LogP contribution in [0.5, 0.6) is 0 Å². The lowest BCUT2D eigenvalue weighted by Crippen LogP contribution is -2.24. The van der Waals surface area contributed by atoms with Crippen LogP contribution in [0, 0.1) is 0 Å². The maximum atomic E-state index is 6.15. The second-order valence-corrected chi connectivity index (χ2v) is 8.27. The van der Waals surface area contributed by atoms with E-state index in [1.807, 2.05) is 0 Å². The van der Waals surface area contributed by atoms with E-state index in [1.54, 1.807) is 5.57 Å². The zero-order valence-electron chi connectivity index (χ0n) is 13.4. The fourth-order valence-electron chi connectivity index (χ4n) is 2.47. The zero-order chi connectivity index (χ0) is 14.1. The van der Waals surface area contributed by atoms with E-state index in [4.69, 9.17) is 4.43 Å². The van der Waals surface area contributed by atoms with Crippen molar-refractivity contribution in [3.63, 3.8) is 0 Å². The summed E-state index contributed by atoms with van der Waals surface area (Å²) < 4.78 is 6.15. The molecule has 0 saturated carbocycles. The topological polar surface area (TPSA) is 9.23 Å². The van der Waals surface area contributed by atoms with Crippen LogP contribution in [0.4, 0.5) is 0 Å². The minimum Gasteiger partial charge on any atom is -0.419 e. The van der Waals surface area contributed by atoms with Crippen LogP contribution in [0.1, 0.15) is 72.6 Å². The molecule has 0 amide bonds. The van der Waals surface area contributed by atoms with Crippen LogP contribution < -0.4 is 0 Å². The van der Waals surface area contributed by atoms with Crippen molar-refractivity contribution in [2.75, 3.05) is 0 Å². The van der Waals surface area contributed by atoms with Crippen molar-refractivity contribution < 1.29 is 4.43 Å². The van der Waals surface area contributed by atoms with Gasteiger partial charge in [-0.1, -0.05) is 57.3 Å². The molecule has 110 valence electrons. The van der Waals surface area contributed by atoms with Gasteiger partial charge in [0.15, 0.2) is 9.76 Å². The summed E-state index contributed by atoms with van der Waals surface area (Å²) in [5.74, 6) is 0. The van der Waals surface area contributed by atoms with E-state index in [0.717, 1.165) is 12.0 Å². The fourth-order valence-corrected chi connectivity index (χ4v) is 4.12. The third-order valence-corrected chi connectivity index (χ3v) is 5.96. The lowest BCUT2D eigenvalue weighted by Gasteiger charge is -2.25. The molecule has 0 aromatic carbocycles. The molecule has 0 bridgehead atoms. The average Bonchev–Trinajstić information content (AvgIpc) is 2.85. The minimum absolute atomic E-state index is 0.0373. The molecule has 0 fully saturated rings. The van der Waals surface area contributed by atoms with Gasteiger partial charge in [0.1, 0.15) is 0 Å². The molecule has 0 saturated heterocycles. The van der Waals surface area contributed by atoms with Gasteiger partial charge in [-0.2, -0.15) is 0 Å². The minimum atomic E-state index is -0.467. The first-order valence-electron chi connectivity index (χ1n) is 8.03. The third-order valence-electron chi connectivity index (χ3n) is 3.65. The highest BCUT2D eigenvalue weighted by molar-refractivity contribution is 6.31. The second-order valence-electron chi connectivity index (χ2n) is 6.67. The van der Waals surface area contributed by atoms with Gasteiger partial charge in [-0.15, -0.1) is 0 Å². The van der Waals surface area contributed by atoms with Crippen molar-refractivity contribution in [1.82, 2.24) is 0 Å². The highest BCUT2D eigenvalue weighted by atomic mass is 28.2. The fraction of sp³-hybridized carbons (Fsp3) is 0.765. The smallest absolute Gasteiger partial charge is 0.169 e. The summed E-state index contributed by atoms with van der Waals surface area (Å²) in [5.41, 5.74) is 2.33. The maximum Gasteiger partial charge on any atom is 0.169 e. The number of rotatable bonds is 9. The van der Waals surface area contributed by atoms with Crippen molar-refractivity contribution >= 4 is 9.76 Å². The van der Waals surface area contributed by atoms with Gasteiger partial charge in [0.05, 0.1) is 0 Å². The average molecular weight is 281 g/mol. The van der Waals surface area contributed by atoms with E-state index in [1.165, 1.54) is 38.5 Å². The van der Waals surface area contributed by atoms with Gasteiger partial charge in [-0.3, -0.25) is 0 Å². The highest BCUT2D eigenvalue weighted by Gasteiger charge is 2.19. The van der Waals surface area contributed by atoms with E-state index in [-0.39, 0.29) is 5.60 Å². The molecule has 19 heavy (non-hydrogen) atoms. The van der Waals surface area contributed by atoms with Crippen LogP contribution in [0.25, 0.3) is 0 Å². The largest absolute Gasteiger partial charge is 0.419 e. The molecule has 0 N–H and O–H groups in total. The highest BCUT2D eigenvalue weighted by Crippen LogP contribution is 2.29. The SMILES string of the molecule is CCCCCCCC([SiH2]OC(C)(C)C)C1=CCC=C1. The molecule has 1 atom stereocenters. The van der Waals surface area contributed by atoms with Gasteiger partial charge >= 0.3 is 0 Å². The van der Waals surface area contributed by atoms with Crippen molar-refractivity contribution in [2.45, 2.75) is 83.8 Å². The molecular weight excluding hydrogens is 248 g/mol. The molecule has 1 aliphatic rings. The number of hydrogen-bond donors (Lipinski definition) is 0. The molecule has 1 aliphatic carbocycles. The summed E-state index contributed by atoms with van der Waals surface area (Å²) in [6.07, 6.45) is 16.4. The molecule has 1 nitrogen and oxygen atoms in total. The van der Waals surface area contributed by atoms with Crippen LogP contribution >= 0.6 is 0 Å². The molecule has 0 heterocycles. The molecular formula is C17H32OSi. The summed E-state index contributed by atoms with van der Waals surface area (Å²) >= 11 is 0. The second kappa shape index (κ2) is 8.75. The van der Waals surface area contributed by atoms with Gasteiger partial charge in [0.25, 0.3) is 0 Å². The summed E-state index contributed by atoms with van der Waals surface area (Å²) in [4.78, 5) is 0. The predicted octanol–water partition coefficient (Wildman–Crippen LogP) is 4.92. The van der Waals surface area contributed by atoms with Crippen LogP contribution in [-0.4, -0.2) is 15.4 Å². The van der Waals surface area contributed by atoms with E-state index in [0.29, 0.717) is 0 Å². The van der Waals surface area contributed by atoms with Crippen LogP contribution in [0.2, 0.25) is 5.54 Å². The first-order chi connectivity index (χ1) is 9.03. The Labute approximate surface area is 122 Å². The maximum absolute atomic E-state index is 6.15. The Morgan fingerprint density at radius 2 is 1.95 bits per heavy atom. The van der Waals surface area contributed by atoms with E-state index < -0.39 is 9.76 Å². The van der Waals surface area contributed by atoms with Crippen LogP contribution in [-0.2, 0) is 4.43 Å². The van der Waals surface area contributed by atoms with E-state index >= 15 is 0 Å². The van der Waals surface area contributed by atoms with Crippen molar-refractivity contribution in [3.05, 3.63) is 23.8 Å². The Kier molecular flexibility index (Phi) is 7.70. The normalized spacial score (nSPS) is 17.4. The zero-order valence-corrected chi connectivity index (χ0v) is 14.8. The lowest BCUT2D eigenvalue weighted by atomic mass is 10.1. The molecule has 0 aliphatic heterocycles.